The minimum Gasteiger partial charge on any atom is -0.458 e. The van der Waals surface area contributed by atoms with Gasteiger partial charge in [-0.05, 0) is 31.7 Å². The van der Waals surface area contributed by atoms with Crippen LogP contribution >= 0.6 is 0 Å². The fourth-order valence-electron chi connectivity index (χ4n) is 1.73. The summed E-state index contributed by atoms with van der Waals surface area (Å²) in [4.78, 5) is 0. The van der Waals surface area contributed by atoms with Gasteiger partial charge in [-0.3, -0.25) is 0 Å². The number of aliphatic hydroxyl groups excluding tert-OH is 1. The number of rotatable bonds is 4. The Labute approximate surface area is 95.1 Å². The monoisotopic (exact) mass is 219 g/mol. The first-order chi connectivity index (χ1) is 7.70. The summed E-state index contributed by atoms with van der Waals surface area (Å²) < 4.78 is 5.59. The Balaban J connectivity index is 2.25. The van der Waals surface area contributed by atoms with Gasteiger partial charge in [0.15, 0.2) is 0 Å². The van der Waals surface area contributed by atoms with Crippen LogP contribution in [0.5, 0.6) is 0 Å². The van der Waals surface area contributed by atoms with E-state index in [-0.39, 0.29) is 0 Å². The van der Waals surface area contributed by atoms with E-state index in [4.69, 9.17) is 4.42 Å². The van der Waals surface area contributed by atoms with E-state index < -0.39 is 6.10 Å². The van der Waals surface area contributed by atoms with Gasteiger partial charge in [0.05, 0.1) is 0 Å². The smallest absolute Gasteiger partial charge is 0.135 e. The van der Waals surface area contributed by atoms with Crippen molar-refractivity contribution in [2.75, 3.05) is 13.1 Å². The predicted octanol–water partition coefficient (Wildman–Crippen LogP) is 2.38. The Kier molecular flexibility index (Phi) is 3.27. The molecule has 3 heteroatoms. The minimum absolute atomic E-state index is 0.523. The molecule has 0 saturated carbocycles. The molecular formula is C13H17NO2. The van der Waals surface area contributed by atoms with E-state index in [1.807, 2.05) is 32.0 Å². The van der Waals surface area contributed by atoms with Gasteiger partial charge >= 0.3 is 0 Å². The first-order valence-electron chi connectivity index (χ1n) is 5.59. The average Bonchev–Trinajstić information content (AvgIpc) is 2.68. The molecule has 1 aromatic heterocycles. The molecule has 1 aromatic carbocycles. The topological polar surface area (TPSA) is 45.4 Å². The summed E-state index contributed by atoms with van der Waals surface area (Å²) in [5.41, 5.74) is 2.03. The molecule has 86 valence electrons. The van der Waals surface area contributed by atoms with Gasteiger partial charge < -0.3 is 14.8 Å². The van der Waals surface area contributed by atoms with Crippen LogP contribution in [0.2, 0.25) is 0 Å². The third-order valence-electron chi connectivity index (χ3n) is 2.61. The van der Waals surface area contributed by atoms with Crippen molar-refractivity contribution in [1.29, 1.82) is 0 Å². The first-order valence-corrected chi connectivity index (χ1v) is 5.59. The first kappa shape index (κ1) is 11.2. The molecule has 0 fully saturated rings. The maximum Gasteiger partial charge on any atom is 0.135 e. The van der Waals surface area contributed by atoms with Crippen LogP contribution in [0.1, 0.15) is 24.4 Å². The van der Waals surface area contributed by atoms with Gasteiger partial charge in [0.1, 0.15) is 17.4 Å². The Morgan fingerprint density at radius 1 is 1.38 bits per heavy atom. The van der Waals surface area contributed by atoms with Crippen molar-refractivity contribution in [1.82, 2.24) is 5.32 Å². The molecule has 0 aliphatic heterocycles. The quantitative estimate of drug-likeness (QED) is 0.830. The van der Waals surface area contributed by atoms with Crippen LogP contribution in [-0.2, 0) is 0 Å². The third kappa shape index (κ3) is 2.26. The second-order valence-electron chi connectivity index (χ2n) is 4.01. The highest BCUT2D eigenvalue weighted by Crippen LogP contribution is 2.24. The van der Waals surface area contributed by atoms with Crippen LogP contribution in [0.4, 0.5) is 0 Å². The lowest BCUT2D eigenvalue weighted by Gasteiger charge is -2.06. The van der Waals surface area contributed by atoms with E-state index >= 15 is 0 Å². The third-order valence-corrected chi connectivity index (χ3v) is 2.61. The van der Waals surface area contributed by atoms with Crippen LogP contribution in [-0.4, -0.2) is 18.2 Å². The van der Waals surface area contributed by atoms with Crippen LogP contribution in [0.25, 0.3) is 11.0 Å². The lowest BCUT2D eigenvalue weighted by Crippen LogP contribution is -2.20. The molecule has 1 heterocycles. The van der Waals surface area contributed by atoms with E-state index in [1.54, 1.807) is 0 Å². The fraction of sp³-hybridized carbons (Fsp3) is 0.385. The van der Waals surface area contributed by atoms with Gasteiger partial charge in [-0.1, -0.05) is 18.6 Å². The number of aliphatic hydroxyl groups is 1. The second-order valence-corrected chi connectivity index (χ2v) is 4.01. The number of hydrogen-bond acceptors (Lipinski definition) is 3. The summed E-state index contributed by atoms with van der Waals surface area (Å²) in [6.45, 7) is 5.42. The van der Waals surface area contributed by atoms with Crippen LogP contribution in [0.3, 0.4) is 0 Å². The zero-order valence-electron chi connectivity index (χ0n) is 9.66. The van der Waals surface area contributed by atoms with E-state index in [0.717, 1.165) is 17.5 Å². The lowest BCUT2D eigenvalue weighted by atomic mass is 10.1. The molecule has 1 atom stereocenters. The number of benzene rings is 1. The molecule has 0 aliphatic rings. The lowest BCUT2D eigenvalue weighted by molar-refractivity contribution is 0.150. The van der Waals surface area contributed by atoms with Gasteiger partial charge in [0.2, 0.25) is 0 Å². The van der Waals surface area contributed by atoms with Crippen molar-refractivity contribution in [2.45, 2.75) is 20.0 Å². The van der Waals surface area contributed by atoms with E-state index in [9.17, 15) is 5.11 Å². The maximum absolute atomic E-state index is 9.87. The molecule has 0 bridgehead atoms. The molecule has 0 aliphatic carbocycles. The van der Waals surface area contributed by atoms with Gasteiger partial charge in [0, 0.05) is 11.9 Å². The van der Waals surface area contributed by atoms with Crippen molar-refractivity contribution in [3.63, 3.8) is 0 Å². The second kappa shape index (κ2) is 4.68. The minimum atomic E-state index is -0.576. The highest BCUT2D eigenvalue weighted by molar-refractivity contribution is 5.78. The van der Waals surface area contributed by atoms with Crippen LogP contribution < -0.4 is 5.32 Å². The van der Waals surface area contributed by atoms with Crippen LogP contribution in [0, 0.1) is 6.92 Å². The van der Waals surface area contributed by atoms with E-state index in [2.05, 4.69) is 11.4 Å². The number of nitrogens with one attached hydrogen (secondary N) is 1. The van der Waals surface area contributed by atoms with Gasteiger partial charge in [-0.15, -0.1) is 0 Å². The average molecular weight is 219 g/mol. The number of likely N-dealkylation sites (N-methyl/N-ethyl adjacent to an activating group) is 1. The summed E-state index contributed by atoms with van der Waals surface area (Å²) >= 11 is 0. The molecule has 2 rings (SSSR count). The van der Waals surface area contributed by atoms with Crippen molar-refractivity contribution >= 4 is 11.0 Å². The molecular weight excluding hydrogens is 202 g/mol. The fourth-order valence-corrected chi connectivity index (χ4v) is 1.73. The summed E-state index contributed by atoms with van der Waals surface area (Å²) in [7, 11) is 0. The molecule has 0 radical (unpaired) electrons. The zero-order chi connectivity index (χ0) is 11.5. The SMILES string of the molecule is CCNCC(O)c1cc2cc(C)ccc2o1. The number of furan rings is 1. The molecule has 2 aromatic rings. The molecule has 1 unspecified atom stereocenters. The van der Waals surface area contributed by atoms with Crippen LogP contribution in [0.15, 0.2) is 28.7 Å². The zero-order valence-corrected chi connectivity index (χ0v) is 9.66. The summed E-state index contributed by atoms with van der Waals surface area (Å²) in [5, 5.41) is 14.0. The molecule has 0 saturated heterocycles. The van der Waals surface area contributed by atoms with Crippen molar-refractivity contribution in [2.24, 2.45) is 0 Å². The standard InChI is InChI=1S/C13H17NO2/c1-3-14-8-11(15)13-7-10-6-9(2)4-5-12(10)16-13/h4-7,11,14-15H,3,8H2,1-2H3. The Hall–Kier alpha value is -1.32. The summed E-state index contributed by atoms with van der Waals surface area (Å²) in [6.07, 6.45) is -0.576. The molecule has 16 heavy (non-hydrogen) atoms. The highest BCUT2D eigenvalue weighted by Gasteiger charge is 2.12. The Bertz CT molecular complexity index is 476. The highest BCUT2D eigenvalue weighted by atomic mass is 16.4. The summed E-state index contributed by atoms with van der Waals surface area (Å²) in [5.74, 6) is 0.626. The Morgan fingerprint density at radius 3 is 2.94 bits per heavy atom. The predicted molar refractivity (Wildman–Crippen MR) is 64.5 cm³/mol. The molecule has 2 N–H and O–H groups in total. The molecule has 3 nitrogen and oxygen atoms in total. The van der Waals surface area contributed by atoms with Crippen molar-refractivity contribution < 1.29 is 9.52 Å². The number of hydrogen-bond donors (Lipinski definition) is 2. The maximum atomic E-state index is 9.87. The number of fused-ring (bicyclic) bond motifs is 1. The normalized spacial score (nSPS) is 13.2. The van der Waals surface area contributed by atoms with Gasteiger partial charge in [-0.25, -0.2) is 0 Å². The number of aryl methyl sites for hydroxylation is 1. The van der Waals surface area contributed by atoms with E-state index in [0.29, 0.717) is 12.3 Å². The van der Waals surface area contributed by atoms with Gasteiger partial charge in [0.25, 0.3) is 0 Å². The Morgan fingerprint density at radius 2 is 2.19 bits per heavy atom. The summed E-state index contributed by atoms with van der Waals surface area (Å²) in [6, 6.07) is 7.91. The van der Waals surface area contributed by atoms with Crippen molar-refractivity contribution in [3.05, 3.63) is 35.6 Å². The molecule has 0 amide bonds. The largest absolute Gasteiger partial charge is 0.458 e. The molecule has 0 spiro atoms. The van der Waals surface area contributed by atoms with Crippen molar-refractivity contribution in [3.8, 4) is 0 Å². The van der Waals surface area contributed by atoms with E-state index in [1.165, 1.54) is 5.56 Å². The van der Waals surface area contributed by atoms with Gasteiger partial charge in [-0.2, -0.15) is 0 Å².